The fraction of sp³-hybridized carbons (Fsp3) is 0.286. The second-order valence-electron chi connectivity index (χ2n) is 5.21. The minimum Gasteiger partial charge on any atom is -0.444 e. The topological polar surface area (TPSA) is 64.4 Å². The first-order valence-corrected chi connectivity index (χ1v) is 6.85. The SMILES string of the molecule is CC(C)(C)OC(=O)Nc1nocc1-c1ccc(Br)cc1. The van der Waals surface area contributed by atoms with Gasteiger partial charge in [0.15, 0.2) is 5.82 Å². The quantitative estimate of drug-likeness (QED) is 0.878. The molecule has 0 fully saturated rings. The van der Waals surface area contributed by atoms with E-state index >= 15 is 0 Å². The summed E-state index contributed by atoms with van der Waals surface area (Å²) in [5.74, 6) is 0.335. The third kappa shape index (κ3) is 3.84. The molecule has 106 valence electrons. The van der Waals surface area contributed by atoms with Crippen LogP contribution >= 0.6 is 15.9 Å². The molecule has 0 saturated heterocycles. The van der Waals surface area contributed by atoms with Crippen molar-refractivity contribution in [2.24, 2.45) is 0 Å². The van der Waals surface area contributed by atoms with Crippen LogP contribution in [0.15, 0.2) is 39.5 Å². The zero-order valence-corrected chi connectivity index (χ0v) is 13.0. The maximum Gasteiger partial charge on any atom is 0.413 e. The number of ether oxygens (including phenoxy) is 1. The zero-order chi connectivity index (χ0) is 14.8. The Morgan fingerprint density at radius 1 is 1.30 bits per heavy atom. The van der Waals surface area contributed by atoms with Crippen LogP contribution in [0.25, 0.3) is 11.1 Å². The summed E-state index contributed by atoms with van der Waals surface area (Å²) >= 11 is 3.37. The Hall–Kier alpha value is -1.82. The number of nitrogens with zero attached hydrogens (tertiary/aromatic N) is 1. The van der Waals surface area contributed by atoms with Gasteiger partial charge in [-0.15, -0.1) is 0 Å². The minimum absolute atomic E-state index is 0.335. The van der Waals surface area contributed by atoms with Gasteiger partial charge in [0.2, 0.25) is 0 Å². The number of rotatable bonds is 2. The van der Waals surface area contributed by atoms with Crippen LogP contribution in [-0.2, 0) is 4.74 Å². The lowest BCUT2D eigenvalue weighted by Crippen LogP contribution is -2.27. The Morgan fingerprint density at radius 2 is 1.95 bits per heavy atom. The van der Waals surface area contributed by atoms with E-state index in [9.17, 15) is 4.79 Å². The maximum atomic E-state index is 11.7. The largest absolute Gasteiger partial charge is 0.444 e. The maximum absolute atomic E-state index is 11.7. The van der Waals surface area contributed by atoms with Crippen molar-refractivity contribution in [1.29, 1.82) is 0 Å². The monoisotopic (exact) mass is 338 g/mol. The van der Waals surface area contributed by atoms with Crippen molar-refractivity contribution in [3.63, 3.8) is 0 Å². The molecule has 0 saturated carbocycles. The molecule has 6 heteroatoms. The molecular weight excluding hydrogens is 324 g/mol. The highest BCUT2D eigenvalue weighted by atomic mass is 79.9. The van der Waals surface area contributed by atoms with Crippen molar-refractivity contribution >= 4 is 27.8 Å². The van der Waals surface area contributed by atoms with Gasteiger partial charge < -0.3 is 9.26 Å². The van der Waals surface area contributed by atoms with E-state index in [0.717, 1.165) is 10.0 Å². The summed E-state index contributed by atoms with van der Waals surface area (Å²) in [5.41, 5.74) is 1.02. The van der Waals surface area contributed by atoms with Gasteiger partial charge in [-0.2, -0.15) is 0 Å². The first kappa shape index (κ1) is 14.6. The van der Waals surface area contributed by atoms with Crippen molar-refractivity contribution in [2.45, 2.75) is 26.4 Å². The van der Waals surface area contributed by atoms with Crippen LogP contribution < -0.4 is 5.32 Å². The van der Waals surface area contributed by atoms with Crippen LogP contribution in [0.4, 0.5) is 10.6 Å². The summed E-state index contributed by atoms with van der Waals surface area (Å²) < 4.78 is 11.1. The molecule has 1 aromatic carbocycles. The van der Waals surface area contributed by atoms with Crippen LogP contribution in [0.5, 0.6) is 0 Å². The molecule has 1 amide bonds. The second-order valence-corrected chi connectivity index (χ2v) is 6.13. The molecule has 20 heavy (non-hydrogen) atoms. The normalized spacial score (nSPS) is 11.2. The van der Waals surface area contributed by atoms with Gasteiger partial charge in [-0.1, -0.05) is 33.2 Å². The molecule has 0 radical (unpaired) electrons. The number of benzene rings is 1. The van der Waals surface area contributed by atoms with E-state index in [2.05, 4.69) is 26.4 Å². The Labute approximate surface area is 125 Å². The summed E-state index contributed by atoms with van der Waals surface area (Å²) in [4.78, 5) is 11.7. The Morgan fingerprint density at radius 3 is 2.55 bits per heavy atom. The molecule has 0 unspecified atom stereocenters. The molecule has 2 rings (SSSR count). The van der Waals surface area contributed by atoms with E-state index in [4.69, 9.17) is 9.26 Å². The average Bonchev–Trinajstić information content (AvgIpc) is 2.75. The first-order valence-electron chi connectivity index (χ1n) is 6.05. The van der Waals surface area contributed by atoms with Crippen LogP contribution in [0.3, 0.4) is 0 Å². The molecule has 0 atom stereocenters. The summed E-state index contributed by atoms with van der Waals surface area (Å²) in [7, 11) is 0. The molecular formula is C14H15BrN2O3. The Bertz CT molecular complexity index is 600. The fourth-order valence-corrected chi connectivity index (χ4v) is 1.83. The van der Waals surface area contributed by atoms with E-state index in [-0.39, 0.29) is 0 Å². The fourth-order valence-electron chi connectivity index (χ4n) is 1.56. The van der Waals surface area contributed by atoms with E-state index in [1.54, 1.807) is 20.8 Å². The number of hydrogen-bond acceptors (Lipinski definition) is 4. The number of halogens is 1. The highest BCUT2D eigenvalue weighted by Crippen LogP contribution is 2.28. The van der Waals surface area contributed by atoms with E-state index in [1.807, 2.05) is 24.3 Å². The third-order valence-corrected chi connectivity index (χ3v) is 2.87. The average molecular weight is 339 g/mol. The van der Waals surface area contributed by atoms with Gasteiger partial charge in [0, 0.05) is 4.47 Å². The summed E-state index contributed by atoms with van der Waals surface area (Å²) in [6, 6.07) is 7.60. The van der Waals surface area contributed by atoms with Gasteiger partial charge >= 0.3 is 6.09 Å². The predicted molar refractivity (Wildman–Crippen MR) is 79.5 cm³/mol. The number of hydrogen-bond donors (Lipinski definition) is 1. The van der Waals surface area contributed by atoms with Crippen LogP contribution in [0, 0.1) is 0 Å². The van der Waals surface area contributed by atoms with Gasteiger partial charge in [0.25, 0.3) is 0 Å². The van der Waals surface area contributed by atoms with Gasteiger partial charge in [-0.3, -0.25) is 5.32 Å². The molecule has 0 aliphatic rings. The second kappa shape index (κ2) is 5.66. The molecule has 2 aromatic rings. The summed E-state index contributed by atoms with van der Waals surface area (Å²) in [6.07, 6.45) is 0.917. The Kier molecular flexibility index (Phi) is 4.13. The molecule has 1 N–H and O–H groups in total. The highest BCUT2D eigenvalue weighted by Gasteiger charge is 2.19. The number of aromatic nitrogens is 1. The third-order valence-electron chi connectivity index (χ3n) is 2.34. The highest BCUT2D eigenvalue weighted by molar-refractivity contribution is 9.10. The molecule has 1 aromatic heterocycles. The summed E-state index contributed by atoms with van der Waals surface area (Å²) in [6.45, 7) is 5.39. The number of carbonyl (C=O) groups excluding carboxylic acids is 1. The lowest BCUT2D eigenvalue weighted by Gasteiger charge is -2.19. The smallest absolute Gasteiger partial charge is 0.413 e. The van der Waals surface area contributed by atoms with E-state index in [0.29, 0.717) is 11.4 Å². The molecule has 0 aliphatic heterocycles. The van der Waals surface area contributed by atoms with Gasteiger partial charge in [0.05, 0.1) is 5.56 Å². The van der Waals surface area contributed by atoms with Crippen molar-refractivity contribution in [1.82, 2.24) is 5.16 Å². The van der Waals surface area contributed by atoms with Crippen molar-refractivity contribution in [3.8, 4) is 11.1 Å². The molecule has 1 heterocycles. The number of amides is 1. The van der Waals surface area contributed by atoms with Crippen LogP contribution in [-0.4, -0.2) is 16.9 Å². The lowest BCUT2D eigenvalue weighted by atomic mass is 10.1. The Balaban J connectivity index is 2.17. The minimum atomic E-state index is -0.565. The number of nitrogens with one attached hydrogen (secondary N) is 1. The summed E-state index contributed by atoms with van der Waals surface area (Å²) in [5, 5.41) is 6.37. The van der Waals surface area contributed by atoms with Crippen LogP contribution in [0.1, 0.15) is 20.8 Å². The molecule has 0 spiro atoms. The lowest BCUT2D eigenvalue weighted by molar-refractivity contribution is 0.0634. The van der Waals surface area contributed by atoms with Gasteiger partial charge in [-0.25, -0.2) is 4.79 Å². The molecule has 5 nitrogen and oxygen atoms in total. The standard InChI is InChI=1S/C14H15BrN2O3/c1-14(2,3)20-13(18)16-12-11(8-19-17-12)9-4-6-10(15)7-5-9/h4-8H,1-3H3,(H,16,17,18). The van der Waals surface area contributed by atoms with Crippen molar-refractivity contribution in [3.05, 3.63) is 35.0 Å². The molecule has 0 bridgehead atoms. The van der Waals surface area contributed by atoms with Crippen molar-refractivity contribution < 1.29 is 14.1 Å². The first-order chi connectivity index (χ1) is 9.35. The van der Waals surface area contributed by atoms with Gasteiger partial charge in [0.1, 0.15) is 11.9 Å². The van der Waals surface area contributed by atoms with E-state index in [1.165, 1.54) is 6.26 Å². The predicted octanol–water partition coefficient (Wildman–Crippen LogP) is 4.45. The van der Waals surface area contributed by atoms with Gasteiger partial charge in [-0.05, 0) is 38.5 Å². The van der Waals surface area contributed by atoms with Crippen molar-refractivity contribution in [2.75, 3.05) is 5.32 Å². The zero-order valence-electron chi connectivity index (χ0n) is 11.4. The number of anilines is 1. The van der Waals surface area contributed by atoms with Crippen LogP contribution in [0.2, 0.25) is 0 Å². The molecule has 0 aliphatic carbocycles. The number of carbonyl (C=O) groups is 1. The van der Waals surface area contributed by atoms with E-state index < -0.39 is 11.7 Å².